The number of hydrogen-bond acceptors (Lipinski definition) is 6. The first-order valence-electron chi connectivity index (χ1n) is 7.43. The molecule has 8 N–H and O–H groups in total. The summed E-state index contributed by atoms with van der Waals surface area (Å²) in [6.45, 7) is 0. The van der Waals surface area contributed by atoms with Gasteiger partial charge in [-0.05, 0) is 45.8 Å². The zero-order chi connectivity index (χ0) is 20.2. The summed E-state index contributed by atoms with van der Waals surface area (Å²) < 4.78 is 38.5. The SMILES string of the molecule is Nc1cc(-c2cccc(C(F)(F)F)c2)cnc1N.Nc1cc(Br)cnc1N. The summed E-state index contributed by atoms with van der Waals surface area (Å²) >= 11 is 3.20. The van der Waals surface area contributed by atoms with E-state index in [0.717, 1.165) is 16.6 Å². The predicted octanol–water partition coefficient (Wildman–Crippen LogP) is 3.94. The van der Waals surface area contributed by atoms with Crippen LogP contribution in [0.2, 0.25) is 0 Å². The summed E-state index contributed by atoms with van der Waals surface area (Å²) in [6, 6.07) is 8.16. The lowest BCUT2D eigenvalue weighted by molar-refractivity contribution is -0.137. The van der Waals surface area contributed by atoms with Crippen molar-refractivity contribution in [2.75, 3.05) is 22.9 Å². The van der Waals surface area contributed by atoms with E-state index in [0.29, 0.717) is 22.6 Å². The maximum absolute atomic E-state index is 12.6. The molecule has 0 saturated carbocycles. The molecule has 0 radical (unpaired) electrons. The van der Waals surface area contributed by atoms with Crippen molar-refractivity contribution in [3.63, 3.8) is 0 Å². The number of anilines is 4. The average molecular weight is 441 g/mol. The standard InChI is InChI=1S/C12H10F3N3.C5H6BrN3/c13-12(14,15)9-3-1-2-7(4-9)8-5-10(16)11(17)18-6-8;6-3-1-4(7)5(8)9-2-3/h1-6H,16H2,(H2,17,18);1-2H,7H2,(H2,8,9). The molecule has 0 aliphatic carbocycles. The normalized spacial score (nSPS) is 10.8. The molecule has 0 amide bonds. The molecule has 6 nitrogen and oxygen atoms in total. The smallest absolute Gasteiger partial charge is 0.396 e. The Balaban J connectivity index is 0.000000244. The molecule has 0 aliphatic heterocycles. The number of nitrogen functional groups attached to an aromatic ring is 4. The van der Waals surface area contributed by atoms with Gasteiger partial charge < -0.3 is 22.9 Å². The fourth-order valence-electron chi connectivity index (χ4n) is 1.99. The first kappa shape index (κ1) is 20.3. The number of nitrogens with two attached hydrogens (primary N) is 4. The Hall–Kier alpha value is -3.01. The van der Waals surface area contributed by atoms with E-state index in [1.54, 1.807) is 18.3 Å². The van der Waals surface area contributed by atoms with Crippen molar-refractivity contribution < 1.29 is 13.2 Å². The molecule has 10 heteroatoms. The van der Waals surface area contributed by atoms with Crippen LogP contribution in [0.4, 0.5) is 36.2 Å². The van der Waals surface area contributed by atoms with E-state index in [2.05, 4.69) is 25.9 Å². The highest BCUT2D eigenvalue weighted by Gasteiger charge is 2.30. The fourth-order valence-corrected chi connectivity index (χ4v) is 2.34. The van der Waals surface area contributed by atoms with Crippen LogP contribution in [0.25, 0.3) is 11.1 Å². The number of alkyl halides is 3. The van der Waals surface area contributed by atoms with Crippen LogP contribution in [0.3, 0.4) is 0 Å². The van der Waals surface area contributed by atoms with Gasteiger partial charge in [0.1, 0.15) is 11.6 Å². The average Bonchev–Trinajstić information content (AvgIpc) is 2.61. The Bertz CT molecular complexity index is 946. The third-order valence-electron chi connectivity index (χ3n) is 3.39. The van der Waals surface area contributed by atoms with Gasteiger partial charge in [-0.25, -0.2) is 9.97 Å². The first-order chi connectivity index (χ1) is 12.6. The van der Waals surface area contributed by atoms with Crippen LogP contribution in [-0.4, -0.2) is 9.97 Å². The number of pyridine rings is 2. The molecule has 142 valence electrons. The van der Waals surface area contributed by atoms with Gasteiger partial charge in [-0.15, -0.1) is 0 Å². The molecular formula is C17H16BrF3N6. The monoisotopic (exact) mass is 440 g/mol. The highest BCUT2D eigenvalue weighted by atomic mass is 79.9. The number of hydrogen-bond donors (Lipinski definition) is 4. The molecule has 0 spiro atoms. The fraction of sp³-hybridized carbons (Fsp3) is 0.0588. The summed E-state index contributed by atoms with van der Waals surface area (Å²) in [5, 5.41) is 0. The molecule has 27 heavy (non-hydrogen) atoms. The molecule has 0 bridgehead atoms. The quantitative estimate of drug-likeness (QED) is 0.453. The maximum Gasteiger partial charge on any atom is 0.416 e. The lowest BCUT2D eigenvalue weighted by Gasteiger charge is -2.09. The van der Waals surface area contributed by atoms with E-state index in [9.17, 15) is 13.2 Å². The lowest BCUT2D eigenvalue weighted by Crippen LogP contribution is -2.04. The van der Waals surface area contributed by atoms with Crippen LogP contribution in [0.1, 0.15) is 5.56 Å². The molecule has 0 atom stereocenters. The lowest BCUT2D eigenvalue weighted by atomic mass is 10.0. The van der Waals surface area contributed by atoms with Crippen LogP contribution < -0.4 is 22.9 Å². The minimum atomic E-state index is -4.37. The maximum atomic E-state index is 12.6. The van der Waals surface area contributed by atoms with Gasteiger partial charge in [0.2, 0.25) is 0 Å². The molecule has 3 rings (SSSR count). The molecule has 2 heterocycles. The third kappa shape index (κ3) is 5.48. The van der Waals surface area contributed by atoms with Crippen LogP contribution in [-0.2, 0) is 6.18 Å². The van der Waals surface area contributed by atoms with Gasteiger partial charge in [0.05, 0.1) is 16.9 Å². The molecular weight excluding hydrogens is 425 g/mol. The second kappa shape index (κ2) is 8.12. The number of rotatable bonds is 1. The zero-order valence-corrected chi connectivity index (χ0v) is 15.4. The van der Waals surface area contributed by atoms with E-state index >= 15 is 0 Å². The molecule has 1 aromatic carbocycles. The van der Waals surface area contributed by atoms with Crippen LogP contribution in [0.15, 0.2) is 53.3 Å². The summed E-state index contributed by atoms with van der Waals surface area (Å²) in [6.07, 6.45) is -1.38. The van der Waals surface area contributed by atoms with Gasteiger partial charge >= 0.3 is 6.18 Å². The van der Waals surface area contributed by atoms with Gasteiger partial charge in [-0.1, -0.05) is 12.1 Å². The van der Waals surface area contributed by atoms with Gasteiger partial charge in [0.25, 0.3) is 0 Å². The number of halogens is 4. The zero-order valence-electron chi connectivity index (χ0n) is 13.8. The van der Waals surface area contributed by atoms with Crippen molar-refractivity contribution >= 4 is 38.9 Å². The summed E-state index contributed by atoms with van der Waals surface area (Å²) in [7, 11) is 0. The van der Waals surface area contributed by atoms with Crippen molar-refractivity contribution in [3.8, 4) is 11.1 Å². The largest absolute Gasteiger partial charge is 0.416 e. The van der Waals surface area contributed by atoms with E-state index in [4.69, 9.17) is 22.9 Å². The van der Waals surface area contributed by atoms with Gasteiger partial charge in [-0.3, -0.25) is 0 Å². The summed E-state index contributed by atoms with van der Waals surface area (Å²) in [4.78, 5) is 7.60. The Morgan fingerprint density at radius 2 is 1.37 bits per heavy atom. The van der Waals surface area contributed by atoms with Crippen molar-refractivity contribution in [1.82, 2.24) is 9.97 Å². The van der Waals surface area contributed by atoms with Gasteiger partial charge in [0, 0.05) is 22.4 Å². The summed E-state index contributed by atoms with van der Waals surface area (Å²) in [5.74, 6) is 0.531. The van der Waals surface area contributed by atoms with Crippen LogP contribution >= 0.6 is 15.9 Å². The van der Waals surface area contributed by atoms with E-state index < -0.39 is 11.7 Å². The number of benzene rings is 1. The minimum Gasteiger partial charge on any atom is -0.396 e. The Labute approximate surface area is 161 Å². The number of aromatic nitrogens is 2. The Morgan fingerprint density at radius 1 is 0.778 bits per heavy atom. The van der Waals surface area contributed by atoms with Crippen molar-refractivity contribution in [1.29, 1.82) is 0 Å². The third-order valence-corrected chi connectivity index (χ3v) is 3.82. The van der Waals surface area contributed by atoms with Crippen molar-refractivity contribution in [3.05, 3.63) is 58.8 Å². The van der Waals surface area contributed by atoms with Crippen LogP contribution in [0, 0.1) is 0 Å². The molecule has 0 saturated heterocycles. The predicted molar refractivity (Wildman–Crippen MR) is 104 cm³/mol. The second-order valence-corrected chi connectivity index (χ2v) is 6.32. The van der Waals surface area contributed by atoms with Crippen molar-refractivity contribution in [2.24, 2.45) is 0 Å². The number of nitrogens with zero attached hydrogens (tertiary/aromatic N) is 2. The first-order valence-corrected chi connectivity index (χ1v) is 8.22. The highest BCUT2D eigenvalue weighted by Crippen LogP contribution is 2.32. The van der Waals surface area contributed by atoms with Crippen molar-refractivity contribution in [2.45, 2.75) is 6.18 Å². The molecule has 0 aliphatic rings. The van der Waals surface area contributed by atoms with E-state index in [1.807, 2.05) is 0 Å². The van der Waals surface area contributed by atoms with E-state index in [-0.39, 0.29) is 11.5 Å². The van der Waals surface area contributed by atoms with Crippen LogP contribution in [0.5, 0.6) is 0 Å². The molecule has 0 fully saturated rings. The second-order valence-electron chi connectivity index (χ2n) is 5.41. The highest BCUT2D eigenvalue weighted by molar-refractivity contribution is 9.10. The minimum absolute atomic E-state index is 0.158. The topological polar surface area (TPSA) is 130 Å². The summed E-state index contributed by atoms with van der Waals surface area (Å²) in [5.41, 5.74) is 22.7. The Kier molecular flexibility index (Phi) is 6.11. The molecule has 3 aromatic rings. The van der Waals surface area contributed by atoms with Gasteiger partial charge in [-0.2, -0.15) is 13.2 Å². The van der Waals surface area contributed by atoms with Gasteiger partial charge in [0.15, 0.2) is 0 Å². The molecule has 2 aromatic heterocycles. The molecule has 0 unspecified atom stereocenters. The van der Waals surface area contributed by atoms with E-state index in [1.165, 1.54) is 18.3 Å². The Morgan fingerprint density at radius 3 is 1.89 bits per heavy atom.